The fourth-order valence-electron chi connectivity index (χ4n) is 4.12. The molecule has 5 rings (SSSR count). The number of fused-ring (bicyclic) bond motifs is 1. The Morgan fingerprint density at radius 2 is 2.13 bits per heavy atom. The van der Waals surface area contributed by atoms with Crippen LogP contribution in [0.1, 0.15) is 35.7 Å². The van der Waals surface area contributed by atoms with E-state index >= 15 is 0 Å². The van der Waals surface area contributed by atoms with Crippen LogP contribution >= 0.6 is 0 Å². The molecule has 2 N–H and O–H groups in total. The average Bonchev–Trinajstić information content (AvgIpc) is 3.41. The van der Waals surface area contributed by atoms with Crippen LogP contribution in [0, 0.1) is 12.7 Å². The van der Waals surface area contributed by atoms with E-state index < -0.39 is 0 Å². The molecule has 0 aliphatic carbocycles. The standard InChI is InChI=1S/C23H22FN7/c1-15-5-3-10-26-21(15)22(25)28-18-14-27-31-12-9-20(29-23(18)31)30-11-4-8-19(30)16-6-2-7-17(24)13-16/h2-3,5-7,9-10,12-14,19H,4,8,11H2,1H3,(H2,25,28)/t19-/m1/s1. The van der Waals surface area contributed by atoms with Crippen molar-refractivity contribution in [3.05, 3.63) is 83.7 Å². The molecule has 0 amide bonds. The van der Waals surface area contributed by atoms with Gasteiger partial charge in [0.05, 0.1) is 12.2 Å². The Balaban J connectivity index is 1.52. The highest BCUT2D eigenvalue weighted by atomic mass is 19.1. The number of hydrogen-bond donors (Lipinski definition) is 1. The second-order valence-electron chi connectivity index (χ2n) is 7.66. The summed E-state index contributed by atoms with van der Waals surface area (Å²) in [4.78, 5) is 15.9. The van der Waals surface area contributed by atoms with Crippen molar-refractivity contribution in [2.24, 2.45) is 10.7 Å². The molecule has 1 aliphatic heterocycles. The maximum absolute atomic E-state index is 13.8. The zero-order chi connectivity index (χ0) is 21.4. The predicted octanol–water partition coefficient (Wildman–Crippen LogP) is 3.95. The van der Waals surface area contributed by atoms with E-state index in [1.165, 1.54) is 6.07 Å². The van der Waals surface area contributed by atoms with Crippen molar-refractivity contribution >= 4 is 23.0 Å². The lowest BCUT2D eigenvalue weighted by atomic mass is 10.0. The number of hydrogen-bond acceptors (Lipinski definition) is 5. The number of nitrogens with zero attached hydrogens (tertiary/aromatic N) is 6. The highest BCUT2D eigenvalue weighted by molar-refractivity contribution is 5.99. The highest BCUT2D eigenvalue weighted by Gasteiger charge is 2.27. The van der Waals surface area contributed by atoms with Crippen LogP contribution in [-0.4, -0.2) is 32.0 Å². The first-order valence-corrected chi connectivity index (χ1v) is 10.2. The van der Waals surface area contributed by atoms with Crippen LogP contribution in [0.5, 0.6) is 0 Å². The summed E-state index contributed by atoms with van der Waals surface area (Å²) in [5.41, 5.74) is 9.96. The van der Waals surface area contributed by atoms with Gasteiger partial charge in [-0.15, -0.1) is 0 Å². The fraction of sp³-hybridized carbons (Fsp3) is 0.217. The number of aliphatic imine (C=N–C) groups is 1. The van der Waals surface area contributed by atoms with Gasteiger partial charge in [-0.25, -0.2) is 18.9 Å². The SMILES string of the molecule is Cc1cccnc1C(N)=Nc1cnn2ccc(N3CCC[C@@H]3c3cccc(F)c3)nc12. The molecule has 1 aliphatic rings. The van der Waals surface area contributed by atoms with Crippen molar-refractivity contribution in [2.45, 2.75) is 25.8 Å². The van der Waals surface area contributed by atoms with Gasteiger partial charge in [0.2, 0.25) is 0 Å². The normalized spacial score (nSPS) is 16.9. The van der Waals surface area contributed by atoms with E-state index in [0.717, 1.165) is 36.3 Å². The smallest absolute Gasteiger partial charge is 0.183 e. The number of anilines is 1. The third-order valence-electron chi connectivity index (χ3n) is 5.61. The third kappa shape index (κ3) is 3.61. The molecule has 156 valence electrons. The molecule has 0 unspecified atom stereocenters. The molecule has 31 heavy (non-hydrogen) atoms. The predicted molar refractivity (Wildman–Crippen MR) is 118 cm³/mol. The summed E-state index contributed by atoms with van der Waals surface area (Å²) in [6, 6.07) is 12.6. The molecule has 4 heterocycles. The van der Waals surface area contributed by atoms with Crippen LogP contribution in [-0.2, 0) is 0 Å². The van der Waals surface area contributed by atoms with E-state index in [-0.39, 0.29) is 11.9 Å². The van der Waals surface area contributed by atoms with Gasteiger partial charge in [0.1, 0.15) is 23.0 Å². The zero-order valence-electron chi connectivity index (χ0n) is 17.1. The summed E-state index contributed by atoms with van der Waals surface area (Å²) in [5, 5.41) is 4.35. The summed E-state index contributed by atoms with van der Waals surface area (Å²) >= 11 is 0. The Morgan fingerprint density at radius 1 is 1.23 bits per heavy atom. The lowest BCUT2D eigenvalue weighted by Crippen LogP contribution is -2.23. The number of rotatable bonds is 4. The first kappa shape index (κ1) is 19.2. The molecule has 1 aromatic carbocycles. The molecule has 1 fully saturated rings. The van der Waals surface area contributed by atoms with Gasteiger partial charge in [0.15, 0.2) is 11.5 Å². The minimum absolute atomic E-state index is 0.0850. The minimum atomic E-state index is -0.222. The van der Waals surface area contributed by atoms with Gasteiger partial charge >= 0.3 is 0 Å². The van der Waals surface area contributed by atoms with Crippen molar-refractivity contribution in [1.82, 2.24) is 19.6 Å². The zero-order valence-corrected chi connectivity index (χ0v) is 17.1. The van der Waals surface area contributed by atoms with E-state index in [1.54, 1.807) is 29.0 Å². The summed E-state index contributed by atoms with van der Waals surface area (Å²) in [6.45, 7) is 2.80. The first-order chi connectivity index (χ1) is 15.1. The Labute approximate surface area is 179 Å². The third-order valence-corrected chi connectivity index (χ3v) is 5.61. The van der Waals surface area contributed by atoms with E-state index in [2.05, 4.69) is 20.0 Å². The highest BCUT2D eigenvalue weighted by Crippen LogP contribution is 2.36. The van der Waals surface area contributed by atoms with Crippen LogP contribution in [0.2, 0.25) is 0 Å². The molecule has 1 saturated heterocycles. The number of halogens is 1. The van der Waals surface area contributed by atoms with Crippen LogP contribution in [0.3, 0.4) is 0 Å². The van der Waals surface area contributed by atoms with E-state index in [0.29, 0.717) is 22.9 Å². The molecule has 0 bridgehead atoms. The number of benzene rings is 1. The van der Waals surface area contributed by atoms with Crippen molar-refractivity contribution in [3.63, 3.8) is 0 Å². The average molecular weight is 415 g/mol. The van der Waals surface area contributed by atoms with Crippen LogP contribution in [0.15, 0.2) is 66.0 Å². The second kappa shape index (κ2) is 7.79. The van der Waals surface area contributed by atoms with Gasteiger partial charge in [-0.2, -0.15) is 5.10 Å². The van der Waals surface area contributed by atoms with E-state index in [9.17, 15) is 4.39 Å². The summed E-state index contributed by atoms with van der Waals surface area (Å²) in [6.07, 6.45) is 7.17. The maximum atomic E-state index is 13.8. The van der Waals surface area contributed by atoms with Gasteiger partial charge < -0.3 is 10.6 Å². The first-order valence-electron chi connectivity index (χ1n) is 10.2. The van der Waals surface area contributed by atoms with E-state index in [4.69, 9.17) is 10.7 Å². The molecule has 4 aromatic rings. The monoisotopic (exact) mass is 415 g/mol. The Hall–Kier alpha value is -3.81. The lowest BCUT2D eigenvalue weighted by Gasteiger charge is -2.26. The Kier molecular flexibility index (Phi) is 4.82. The number of nitrogens with two attached hydrogens (primary N) is 1. The van der Waals surface area contributed by atoms with Crippen molar-refractivity contribution in [3.8, 4) is 0 Å². The Bertz CT molecular complexity index is 1280. The molecule has 0 saturated carbocycles. The fourth-order valence-corrected chi connectivity index (χ4v) is 4.12. The van der Waals surface area contributed by atoms with Crippen LogP contribution in [0.25, 0.3) is 5.65 Å². The molecular formula is C23H22FN7. The maximum Gasteiger partial charge on any atom is 0.183 e. The molecular weight excluding hydrogens is 393 g/mol. The van der Waals surface area contributed by atoms with Gasteiger partial charge in [-0.3, -0.25) is 4.98 Å². The molecule has 1 atom stereocenters. The van der Waals surface area contributed by atoms with Crippen molar-refractivity contribution in [1.29, 1.82) is 0 Å². The lowest BCUT2D eigenvalue weighted by molar-refractivity contribution is 0.618. The van der Waals surface area contributed by atoms with Gasteiger partial charge in [0, 0.05) is 18.9 Å². The Morgan fingerprint density at radius 3 is 2.97 bits per heavy atom. The van der Waals surface area contributed by atoms with Gasteiger partial charge in [-0.1, -0.05) is 18.2 Å². The van der Waals surface area contributed by atoms with Crippen LogP contribution < -0.4 is 10.6 Å². The molecule has 0 spiro atoms. The second-order valence-corrected chi connectivity index (χ2v) is 7.66. The van der Waals surface area contributed by atoms with Crippen molar-refractivity contribution < 1.29 is 4.39 Å². The van der Waals surface area contributed by atoms with Crippen LogP contribution in [0.4, 0.5) is 15.9 Å². The number of amidine groups is 1. The number of aryl methyl sites for hydroxylation is 1. The number of aromatic nitrogens is 4. The minimum Gasteiger partial charge on any atom is -0.382 e. The topological polar surface area (TPSA) is 84.7 Å². The molecule has 0 radical (unpaired) electrons. The molecule has 7 nitrogen and oxygen atoms in total. The summed E-state index contributed by atoms with van der Waals surface area (Å²) in [7, 11) is 0. The molecule has 8 heteroatoms. The van der Waals surface area contributed by atoms with Crippen molar-refractivity contribution in [2.75, 3.05) is 11.4 Å². The summed E-state index contributed by atoms with van der Waals surface area (Å²) < 4.78 is 15.5. The quantitative estimate of drug-likeness (QED) is 0.403. The largest absolute Gasteiger partial charge is 0.382 e. The summed E-state index contributed by atoms with van der Waals surface area (Å²) in [5.74, 6) is 0.906. The van der Waals surface area contributed by atoms with Gasteiger partial charge in [0.25, 0.3) is 0 Å². The molecule has 3 aromatic heterocycles. The van der Waals surface area contributed by atoms with Gasteiger partial charge in [-0.05, 0) is 55.2 Å². The number of pyridine rings is 1. The van der Waals surface area contributed by atoms with E-state index in [1.807, 2.05) is 37.4 Å².